The zero-order valence-electron chi connectivity index (χ0n) is 10.9. The van der Waals surface area contributed by atoms with Crippen LogP contribution in [-0.4, -0.2) is 31.1 Å². The Labute approximate surface area is 120 Å². The second-order valence-corrected chi connectivity index (χ2v) is 5.70. The maximum absolute atomic E-state index is 13.2. The standard InChI is InChI=1S/C14H17BrFNO2/c1-19-14(18)11-3-2-6-17(9-11)8-10-4-5-13(16)12(15)7-10/h4-5,7,11H,2-3,6,8-9H2,1H3/t11-/m0/s1. The highest BCUT2D eigenvalue weighted by Gasteiger charge is 2.26. The highest BCUT2D eigenvalue weighted by molar-refractivity contribution is 9.10. The molecule has 1 atom stereocenters. The van der Waals surface area contributed by atoms with Crippen LogP contribution in [0.15, 0.2) is 22.7 Å². The maximum Gasteiger partial charge on any atom is 0.309 e. The van der Waals surface area contributed by atoms with Crippen LogP contribution in [0.25, 0.3) is 0 Å². The van der Waals surface area contributed by atoms with Crippen molar-refractivity contribution in [1.82, 2.24) is 4.90 Å². The molecule has 1 aliphatic rings. The van der Waals surface area contributed by atoms with Crippen molar-refractivity contribution in [2.24, 2.45) is 5.92 Å². The number of hydrogen-bond donors (Lipinski definition) is 0. The second kappa shape index (κ2) is 6.48. The topological polar surface area (TPSA) is 29.5 Å². The highest BCUT2D eigenvalue weighted by Crippen LogP contribution is 2.22. The molecule has 0 bridgehead atoms. The Bertz CT molecular complexity index is 467. The lowest BCUT2D eigenvalue weighted by Crippen LogP contribution is -2.38. The van der Waals surface area contributed by atoms with E-state index in [0.717, 1.165) is 31.5 Å². The van der Waals surface area contributed by atoms with Crippen molar-refractivity contribution in [2.75, 3.05) is 20.2 Å². The van der Waals surface area contributed by atoms with Crippen LogP contribution in [0.3, 0.4) is 0 Å². The van der Waals surface area contributed by atoms with Crippen molar-refractivity contribution >= 4 is 21.9 Å². The van der Waals surface area contributed by atoms with Gasteiger partial charge in [-0.05, 0) is 53.0 Å². The number of rotatable bonds is 3. The SMILES string of the molecule is COC(=O)[C@H]1CCCN(Cc2ccc(F)c(Br)c2)C1. The maximum atomic E-state index is 13.2. The van der Waals surface area contributed by atoms with Gasteiger partial charge < -0.3 is 4.74 Å². The number of halogens is 2. The zero-order chi connectivity index (χ0) is 13.8. The van der Waals surface area contributed by atoms with E-state index < -0.39 is 0 Å². The van der Waals surface area contributed by atoms with Gasteiger partial charge in [0, 0.05) is 13.1 Å². The first-order chi connectivity index (χ1) is 9.10. The number of ether oxygens (including phenoxy) is 1. The molecule has 0 aromatic heterocycles. The van der Waals surface area contributed by atoms with Crippen LogP contribution in [0.1, 0.15) is 18.4 Å². The molecule has 1 saturated heterocycles. The van der Waals surface area contributed by atoms with Gasteiger partial charge in [-0.2, -0.15) is 0 Å². The smallest absolute Gasteiger partial charge is 0.309 e. The molecule has 0 spiro atoms. The summed E-state index contributed by atoms with van der Waals surface area (Å²) in [6, 6.07) is 5.03. The van der Waals surface area contributed by atoms with Crippen LogP contribution in [0.2, 0.25) is 0 Å². The minimum Gasteiger partial charge on any atom is -0.469 e. The third-order valence-electron chi connectivity index (χ3n) is 3.43. The second-order valence-electron chi connectivity index (χ2n) is 4.85. The molecule has 1 fully saturated rings. The minimum atomic E-state index is -0.255. The largest absolute Gasteiger partial charge is 0.469 e. The van der Waals surface area contributed by atoms with Crippen molar-refractivity contribution in [3.63, 3.8) is 0 Å². The normalized spacial score (nSPS) is 20.3. The summed E-state index contributed by atoms with van der Waals surface area (Å²) < 4.78 is 18.4. The quantitative estimate of drug-likeness (QED) is 0.798. The molecule has 104 valence electrons. The summed E-state index contributed by atoms with van der Waals surface area (Å²) in [6.07, 6.45) is 1.87. The summed E-state index contributed by atoms with van der Waals surface area (Å²) in [7, 11) is 1.43. The first kappa shape index (κ1) is 14.5. The van der Waals surface area contributed by atoms with Crippen molar-refractivity contribution in [1.29, 1.82) is 0 Å². The lowest BCUT2D eigenvalue weighted by molar-refractivity contribution is -0.147. The molecule has 3 nitrogen and oxygen atoms in total. The molecule has 0 amide bonds. The number of methoxy groups -OCH3 is 1. The number of carbonyl (C=O) groups excluding carboxylic acids is 1. The third kappa shape index (κ3) is 3.76. The van der Waals surface area contributed by atoms with Gasteiger partial charge in [0.1, 0.15) is 5.82 Å². The fourth-order valence-corrected chi connectivity index (χ4v) is 2.88. The molecular formula is C14H17BrFNO2. The zero-order valence-corrected chi connectivity index (χ0v) is 12.5. The van der Waals surface area contributed by atoms with Crippen molar-refractivity contribution in [3.05, 3.63) is 34.1 Å². The summed E-state index contributed by atoms with van der Waals surface area (Å²) in [6.45, 7) is 2.40. The van der Waals surface area contributed by atoms with Crippen molar-refractivity contribution in [2.45, 2.75) is 19.4 Å². The number of nitrogens with zero attached hydrogens (tertiary/aromatic N) is 1. The lowest BCUT2D eigenvalue weighted by Gasteiger charge is -2.31. The molecule has 0 radical (unpaired) electrons. The number of hydrogen-bond acceptors (Lipinski definition) is 3. The van der Waals surface area contributed by atoms with Gasteiger partial charge in [0.15, 0.2) is 0 Å². The van der Waals surface area contributed by atoms with E-state index >= 15 is 0 Å². The van der Waals surface area contributed by atoms with Crippen molar-refractivity contribution < 1.29 is 13.9 Å². The van der Waals surface area contributed by atoms with Gasteiger partial charge in [-0.1, -0.05) is 6.07 Å². The van der Waals surface area contributed by atoms with Crippen LogP contribution in [0.4, 0.5) is 4.39 Å². The van der Waals surface area contributed by atoms with E-state index in [1.54, 1.807) is 12.1 Å². The molecule has 19 heavy (non-hydrogen) atoms. The first-order valence-corrected chi connectivity index (χ1v) is 7.13. The molecule has 0 saturated carbocycles. The van der Waals surface area contributed by atoms with E-state index in [0.29, 0.717) is 11.0 Å². The Hall–Kier alpha value is -0.940. The lowest BCUT2D eigenvalue weighted by atomic mass is 9.98. The molecule has 1 aromatic rings. The Balaban J connectivity index is 1.98. The predicted molar refractivity (Wildman–Crippen MR) is 74.1 cm³/mol. The number of benzene rings is 1. The molecule has 0 unspecified atom stereocenters. The van der Waals surface area contributed by atoms with E-state index in [9.17, 15) is 9.18 Å². The molecular weight excluding hydrogens is 313 g/mol. The monoisotopic (exact) mass is 329 g/mol. The fourth-order valence-electron chi connectivity index (χ4n) is 2.45. The molecule has 0 aliphatic carbocycles. The molecule has 1 aliphatic heterocycles. The van der Waals surface area contributed by atoms with E-state index in [1.807, 2.05) is 0 Å². The molecule has 0 N–H and O–H groups in total. The molecule has 1 heterocycles. The molecule has 5 heteroatoms. The molecule has 1 aromatic carbocycles. The van der Waals surface area contributed by atoms with E-state index in [4.69, 9.17) is 4.74 Å². The van der Waals surface area contributed by atoms with Gasteiger partial charge in [-0.15, -0.1) is 0 Å². The fraction of sp³-hybridized carbons (Fsp3) is 0.500. The number of likely N-dealkylation sites (tertiary alicyclic amines) is 1. The molecule has 2 rings (SSSR count). The number of esters is 1. The average molecular weight is 330 g/mol. The van der Waals surface area contributed by atoms with Gasteiger partial charge in [0.25, 0.3) is 0 Å². The average Bonchev–Trinajstić information content (AvgIpc) is 2.42. The Morgan fingerprint density at radius 1 is 1.58 bits per heavy atom. The van der Waals surface area contributed by atoms with Crippen LogP contribution >= 0.6 is 15.9 Å². The van der Waals surface area contributed by atoms with E-state index in [2.05, 4.69) is 20.8 Å². The summed E-state index contributed by atoms with van der Waals surface area (Å²) in [5, 5.41) is 0. The van der Waals surface area contributed by atoms with Gasteiger partial charge in [-0.25, -0.2) is 4.39 Å². The van der Waals surface area contributed by atoms with Crippen LogP contribution in [0, 0.1) is 11.7 Å². The van der Waals surface area contributed by atoms with Gasteiger partial charge >= 0.3 is 5.97 Å². The van der Waals surface area contributed by atoms with Crippen LogP contribution < -0.4 is 0 Å². The first-order valence-electron chi connectivity index (χ1n) is 6.34. The highest BCUT2D eigenvalue weighted by atomic mass is 79.9. The number of piperidine rings is 1. The van der Waals surface area contributed by atoms with Gasteiger partial charge in [-0.3, -0.25) is 9.69 Å². The van der Waals surface area contributed by atoms with E-state index in [-0.39, 0.29) is 17.7 Å². The summed E-state index contributed by atoms with van der Waals surface area (Å²) in [5.41, 5.74) is 1.04. The van der Waals surface area contributed by atoms with E-state index in [1.165, 1.54) is 13.2 Å². The third-order valence-corrected chi connectivity index (χ3v) is 4.04. The summed E-state index contributed by atoms with van der Waals surface area (Å²) in [5.74, 6) is -0.428. The van der Waals surface area contributed by atoms with Gasteiger partial charge in [0.05, 0.1) is 17.5 Å². The number of carbonyl (C=O) groups is 1. The van der Waals surface area contributed by atoms with Crippen molar-refractivity contribution in [3.8, 4) is 0 Å². The van der Waals surface area contributed by atoms with Gasteiger partial charge in [0.2, 0.25) is 0 Å². The minimum absolute atomic E-state index is 0.0392. The van der Waals surface area contributed by atoms with Crippen LogP contribution in [-0.2, 0) is 16.1 Å². The Kier molecular flexibility index (Phi) is 4.93. The van der Waals surface area contributed by atoms with Crippen LogP contribution in [0.5, 0.6) is 0 Å². The predicted octanol–water partition coefficient (Wildman–Crippen LogP) is 2.97. The Morgan fingerprint density at radius 2 is 2.37 bits per heavy atom. The summed E-state index contributed by atoms with van der Waals surface area (Å²) in [4.78, 5) is 13.8. The Morgan fingerprint density at radius 3 is 3.05 bits per heavy atom. The summed E-state index contributed by atoms with van der Waals surface area (Å²) >= 11 is 3.19.